The summed E-state index contributed by atoms with van der Waals surface area (Å²) in [5.74, 6) is -1.24. The van der Waals surface area contributed by atoms with Crippen LogP contribution in [-0.2, 0) is 9.53 Å². The number of benzene rings is 1. The topological polar surface area (TPSA) is 102 Å². The maximum atomic E-state index is 12.1. The monoisotopic (exact) mass is 403 g/mol. The number of urea groups is 1. The molecule has 0 aliphatic carbocycles. The molecule has 0 saturated carbocycles. The first-order valence-electron chi connectivity index (χ1n) is 6.25. The van der Waals surface area contributed by atoms with Crippen molar-refractivity contribution in [3.8, 4) is 0 Å². The number of nitrogens with one attached hydrogen (secondary N) is 1. The average molecular weight is 403 g/mol. The molecular weight excluding hydrogens is 389 g/mol. The van der Waals surface area contributed by atoms with Gasteiger partial charge in [-0.1, -0.05) is 0 Å². The van der Waals surface area contributed by atoms with Crippen molar-refractivity contribution in [1.82, 2.24) is 10.2 Å². The summed E-state index contributed by atoms with van der Waals surface area (Å²) in [5, 5.41) is 2.51. The summed E-state index contributed by atoms with van der Waals surface area (Å²) in [6, 6.07) is 4.46. The van der Waals surface area contributed by atoms with Crippen molar-refractivity contribution in [2.24, 2.45) is 0 Å². The number of nitrogens with zero attached hydrogens (tertiary/aromatic N) is 1. The van der Waals surface area contributed by atoms with Crippen LogP contribution in [0.5, 0.6) is 0 Å². The molecule has 0 bridgehead atoms. The van der Waals surface area contributed by atoms with Crippen LogP contribution in [0.25, 0.3) is 0 Å². The lowest BCUT2D eigenvalue weighted by Crippen LogP contribution is -2.41. The largest absolute Gasteiger partial charge is 0.449 e. The molecule has 0 radical (unpaired) electrons. The van der Waals surface area contributed by atoms with Crippen LogP contribution in [0.1, 0.15) is 17.3 Å². The van der Waals surface area contributed by atoms with Gasteiger partial charge in [-0.3, -0.25) is 9.69 Å². The van der Waals surface area contributed by atoms with E-state index in [0.29, 0.717) is 6.54 Å². The Balaban J connectivity index is 2.06. The zero-order valence-corrected chi connectivity index (χ0v) is 13.4. The van der Waals surface area contributed by atoms with Crippen LogP contribution >= 0.6 is 22.6 Å². The van der Waals surface area contributed by atoms with Crippen molar-refractivity contribution in [1.29, 1.82) is 0 Å². The fraction of sp³-hybridized carbons (Fsp3) is 0.308. The van der Waals surface area contributed by atoms with Crippen LogP contribution in [0.3, 0.4) is 0 Å². The van der Waals surface area contributed by atoms with E-state index in [0.717, 1.165) is 8.47 Å². The highest BCUT2D eigenvalue weighted by atomic mass is 127. The van der Waals surface area contributed by atoms with Crippen molar-refractivity contribution in [2.45, 2.75) is 13.0 Å². The summed E-state index contributed by atoms with van der Waals surface area (Å²) in [6.45, 7) is 2.09. The molecule has 7 nitrogen and oxygen atoms in total. The summed E-state index contributed by atoms with van der Waals surface area (Å²) < 4.78 is 5.93. The van der Waals surface area contributed by atoms with Crippen LogP contribution in [0.4, 0.5) is 10.5 Å². The molecule has 0 aromatic heterocycles. The third-order valence-electron chi connectivity index (χ3n) is 2.99. The molecule has 1 aliphatic rings. The van der Waals surface area contributed by atoms with Crippen molar-refractivity contribution in [3.63, 3.8) is 0 Å². The van der Waals surface area contributed by atoms with E-state index < -0.39 is 24.0 Å². The summed E-state index contributed by atoms with van der Waals surface area (Å²) >= 11 is 2.04. The predicted molar refractivity (Wildman–Crippen MR) is 83.6 cm³/mol. The molecule has 112 valence electrons. The lowest BCUT2D eigenvalue weighted by molar-refractivity contribution is -0.136. The molecule has 1 atom stereocenters. The summed E-state index contributed by atoms with van der Waals surface area (Å²) in [7, 11) is 0. The minimum Gasteiger partial charge on any atom is -0.449 e. The molecule has 2 rings (SSSR count). The standard InChI is InChI=1S/C13H14IN3O4/c1-7(11(18)17-5-4-16-13(17)20)21-12(19)9-6-8(14)2-3-10(9)15/h2-3,6-7H,4-5,15H2,1H3,(H,16,20)/t7-/m0/s1. The lowest BCUT2D eigenvalue weighted by atomic mass is 10.2. The van der Waals surface area contributed by atoms with Gasteiger partial charge >= 0.3 is 12.0 Å². The van der Waals surface area contributed by atoms with E-state index in [1.54, 1.807) is 18.2 Å². The molecule has 1 heterocycles. The van der Waals surface area contributed by atoms with Crippen molar-refractivity contribution < 1.29 is 19.1 Å². The number of hydrogen-bond acceptors (Lipinski definition) is 5. The van der Waals surface area contributed by atoms with Gasteiger partial charge in [-0.15, -0.1) is 0 Å². The summed E-state index contributed by atoms with van der Waals surface area (Å²) in [5.41, 5.74) is 6.20. The van der Waals surface area contributed by atoms with Crippen LogP contribution in [-0.4, -0.2) is 42.0 Å². The van der Waals surface area contributed by atoms with Gasteiger partial charge in [0.2, 0.25) is 0 Å². The Morgan fingerprint density at radius 3 is 2.81 bits per heavy atom. The van der Waals surface area contributed by atoms with E-state index in [4.69, 9.17) is 10.5 Å². The molecule has 1 aromatic rings. The maximum Gasteiger partial charge on any atom is 0.341 e. The van der Waals surface area contributed by atoms with E-state index in [1.807, 2.05) is 22.6 Å². The molecule has 0 spiro atoms. The Labute approximate surface area is 134 Å². The van der Waals surface area contributed by atoms with Crippen LogP contribution in [0.2, 0.25) is 0 Å². The van der Waals surface area contributed by atoms with Gasteiger partial charge < -0.3 is 15.8 Å². The number of esters is 1. The Hall–Kier alpha value is -1.84. The first-order valence-corrected chi connectivity index (χ1v) is 7.33. The number of nitrogen functional groups attached to an aromatic ring is 1. The highest BCUT2D eigenvalue weighted by Crippen LogP contribution is 2.18. The number of rotatable bonds is 3. The number of imide groups is 1. The molecule has 1 aliphatic heterocycles. The van der Waals surface area contributed by atoms with Crippen LogP contribution in [0, 0.1) is 3.57 Å². The van der Waals surface area contributed by atoms with E-state index in [9.17, 15) is 14.4 Å². The Kier molecular flexibility index (Phi) is 4.66. The van der Waals surface area contributed by atoms with Gasteiger partial charge in [-0.05, 0) is 47.7 Å². The van der Waals surface area contributed by atoms with Crippen molar-refractivity contribution in [3.05, 3.63) is 27.3 Å². The van der Waals surface area contributed by atoms with Crippen molar-refractivity contribution in [2.75, 3.05) is 18.8 Å². The van der Waals surface area contributed by atoms with Crippen molar-refractivity contribution >= 4 is 46.2 Å². The quantitative estimate of drug-likeness (QED) is 0.445. The van der Waals surface area contributed by atoms with Gasteiger partial charge in [0.1, 0.15) is 0 Å². The third kappa shape index (κ3) is 3.43. The number of anilines is 1. The van der Waals surface area contributed by atoms with E-state index >= 15 is 0 Å². The molecular formula is C13H14IN3O4. The van der Waals surface area contributed by atoms with Gasteiger partial charge in [0.25, 0.3) is 5.91 Å². The summed E-state index contributed by atoms with van der Waals surface area (Å²) in [4.78, 5) is 36.5. The van der Waals surface area contributed by atoms with E-state index in [-0.39, 0.29) is 17.8 Å². The van der Waals surface area contributed by atoms with Gasteiger partial charge in [-0.25, -0.2) is 9.59 Å². The van der Waals surface area contributed by atoms with Crippen LogP contribution in [0.15, 0.2) is 18.2 Å². The first kappa shape index (κ1) is 15.5. The average Bonchev–Trinajstić information content (AvgIpc) is 2.86. The highest BCUT2D eigenvalue weighted by Gasteiger charge is 2.32. The number of amides is 3. The number of halogens is 1. The molecule has 21 heavy (non-hydrogen) atoms. The Morgan fingerprint density at radius 1 is 1.48 bits per heavy atom. The Morgan fingerprint density at radius 2 is 2.19 bits per heavy atom. The highest BCUT2D eigenvalue weighted by molar-refractivity contribution is 14.1. The third-order valence-corrected chi connectivity index (χ3v) is 3.66. The molecule has 1 saturated heterocycles. The Bertz CT molecular complexity index is 605. The number of hydrogen-bond donors (Lipinski definition) is 2. The lowest BCUT2D eigenvalue weighted by Gasteiger charge is -2.18. The van der Waals surface area contributed by atoms with Gasteiger partial charge in [0.05, 0.1) is 5.56 Å². The molecule has 3 N–H and O–H groups in total. The second kappa shape index (κ2) is 6.29. The molecule has 1 aromatic carbocycles. The smallest absolute Gasteiger partial charge is 0.341 e. The molecule has 8 heteroatoms. The summed E-state index contributed by atoms with van der Waals surface area (Å²) in [6.07, 6.45) is -1.06. The predicted octanol–water partition coefficient (Wildman–Crippen LogP) is 0.970. The minimum atomic E-state index is -1.06. The number of carbonyl (C=O) groups is 3. The zero-order chi connectivity index (χ0) is 15.6. The fourth-order valence-electron chi connectivity index (χ4n) is 1.88. The second-order valence-electron chi connectivity index (χ2n) is 4.50. The normalized spacial score (nSPS) is 15.5. The maximum absolute atomic E-state index is 12.1. The minimum absolute atomic E-state index is 0.201. The fourth-order valence-corrected chi connectivity index (χ4v) is 2.37. The van der Waals surface area contributed by atoms with E-state index in [2.05, 4.69) is 5.32 Å². The van der Waals surface area contributed by atoms with Gasteiger partial charge in [-0.2, -0.15) is 0 Å². The van der Waals surface area contributed by atoms with Crippen LogP contribution < -0.4 is 11.1 Å². The molecule has 0 unspecified atom stereocenters. The molecule has 1 fully saturated rings. The molecule has 3 amide bonds. The van der Waals surface area contributed by atoms with Gasteiger partial charge in [0.15, 0.2) is 6.10 Å². The van der Waals surface area contributed by atoms with Gasteiger partial charge in [0, 0.05) is 22.3 Å². The SMILES string of the molecule is C[C@H](OC(=O)c1cc(I)ccc1N)C(=O)N1CCNC1=O. The number of nitrogens with two attached hydrogens (primary N) is 1. The van der Waals surface area contributed by atoms with E-state index in [1.165, 1.54) is 6.92 Å². The first-order chi connectivity index (χ1) is 9.90. The number of ether oxygens (including phenoxy) is 1. The zero-order valence-electron chi connectivity index (χ0n) is 11.3. The number of carbonyl (C=O) groups excluding carboxylic acids is 3. The second-order valence-corrected chi connectivity index (χ2v) is 5.75.